The predicted molar refractivity (Wildman–Crippen MR) is 108 cm³/mol. The maximum Gasteiger partial charge on any atom is 0.253 e. The van der Waals surface area contributed by atoms with E-state index in [0.29, 0.717) is 25.0 Å². The lowest BCUT2D eigenvalue weighted by molar-refractivity contribution is -0.121. The Hall–Kier alpha value is -2.56. The van der Waals surface area contributed by atoms with Gasteiger partial charge in [-0.1, -0.05) is 32.9 Å². The van der Waals surface area contributed by atoms with Gasteiger partial charge in [0, 0.05) is 24.2 Å². The van der Waals surface area contributed by atoms with E-state index in [1.54, 1.807) is 0 Å². The molecular weight excluding hydrogens is 340 g/mol. The van der Waals surface area contributed by atoms with Gasteiger partial charge in [-0.2, -0.15) is 0 Å². The summed E-state index contributed by atoms with van der Waals surface area (Å²) in [5.74, 6) is 0.728. The van der Waals surface area contributed by atoms with Gasteiger partial charge in [0.25, 0.3) is 5.56 Å². The van der Waals surface area contributed by atoms with Crippen LogP contribution in [0.5, 0.6) is 5.75 Å². The summed E-state index contributed by atoms with van der Waals surface area (Å²) < 4.78 is 5.70. The zero-order valence-electron chi connectivity index (χ0n) is 16.9. The van der Waals surface area contributed by atoms with Gasteiger partial charge >= 0.3 is 0 Å². The Kier molecular flexibility index (Phi) is 6.83. The quantitative estimate of drug-likeness (QED) is 0.729. The van der Waals surface area contributed by atoms with Crippen LogP contribution >= 0.6 is 0 Å². The van der Waals surface area contributed by atoms with Gasteiger partial charge in [0.15, 0.2) is 0 Å². The van der Waals surface area contributed by atoms with E-state index in [9.17, 15) is 9.59 Å². The van der Waals surface area contributed by atoms with Gasteiger partial charge in [-0.25, -0.2) is 0 Å². The molecule has 0 aliphatic heterocycles. The van der Waals surface area contributed by atoms with Gasteiger partial charge in [-0.3, -0.25) is 9.59 Å². The molecule has 0 aliphatic rings. The van der Waals surface area contributed by atoms with E-state index in [1.165, 1.54) is 5.56 Å². The lowest BCUT2D eigenvalue weighted by Gasteiger charge is -2.19. The minimum atomic E-state index is -0.144. The van der Waals surface area contributed by atoms with Crippen LogP contribution in [0.1, 0.15) is 56.0 Å². The number of nitrogens with one attached hydrogen (secondary N) is 2. The molecule has 1 heterocycles. The van der Waals surface area contributed by atoms with Gasteiger partial charge in [-0.15, -0.1) is 0 Å². The Labute approximate surface area is 161 Å². The summed E-state index contributed by atoms with van der Waals surface area (Å²) in [6, 6.07) is 9.98. The van der Waals surface area contributed by atoms with E-state index in [1.807, 2.05) is 32.0 Å². The Bertz CT molecular complexity index is 830. The highest BCUT2D eigenvalue weighted by atomic mass is 16.5. The number of aromatic nitrogens is 1. The number of carbonyl (C=O) groups excluding carboxylic acids is 1. The van der Waals surface area contributed by atoms with Gasteiger partial charge in [0.2, 0.25) is 5.91 Å². The Morgan fingerprint density at radius 1 is 1.15 bits per heavy atom. The maximum atomic E-state index is 12.0. The van der Waals surface area contributed by atoms with Gasteiger partial charge in [0.1, 0.15) is 5.75 Å². The number of rotatable bonds is 7. The fraction of sp³-hybridized carbons (Fsp3) is 0.455. The summed E-state index contributed by atoms with van der Waals surface area (Å²) in [6.45, 7) is 11.0. The lowest BCUT2D eigenvalue weighted by Crippen LogP contribution is -2.28. The van der Waals surface area contributed by atoms with Crippen molar-refractivity contribution in [1.29, 1.82) is 0 Å². The second-order valence-electron chi connectivity index (χ2n) is 7.95. The fourth-order valence-electron chi connectivity index (χ4n) is 2.85. The Morgan fingerprint density at radius 2 is 1.81 bits per heavy atom. The third-order valence-corrected chi connectivity index (χ3v) is 4.49. The molecule has 0 spiro atoms. The summed E-state index contributed by atoms with van der Waals surface area (Å²) in [5.41, 5.74) is 3.54. The first-order valence-corrected chi connectivity index (χ1v) is 9.36. The van der Waals surface area contributed by atoms with E-state index in [4.69, 9.17) is 4.74 Å². The first kappa shape index (κ1) is 20.7. The van der Waals surface area contributed by atoms with Crippen LogP contribution < -0.4 is 15.6 Å². The molecule has 27 heavy (non-hydrogen) atoms. The second-order valence-corrected chi connectivity index (χ2v) is 7.95. The molecule has 5 heteroatoms. The molecule has 0 unspecified atom stereocenters. The molecule has 0 saturated carbocycles. The predicted octanol–water partition coefficient (Wildman–Crippen LogP) is 3.76. The van der Waals surface area contributed by atoms with Crippen LogP contribution in [0, 0.1) is 13.8 Å². The zero-order chi connectivity index (χ0) is 20.0. The highest BCUT2D eigenvalue weighted by molar-refractivity contribution is 5.75. The molecule has 0 radical (unpaired) electrons. The number of ether oxygens (including phenoxy) is 1. The number of aromatic amines is 1. The van der Waals surface area contributed by atoms with Crippen molar-refractivity contribution in [2.45, 2.75) is 59.4 Å². The molecule has 2 rings (SSSR count). The van der Waals surface area contributed by atoms with Crippen molar-refractivity contribution in [3.63, 3.8) is 0 Å². The van der Waals surface area contributed by atoms with Crippen LogP contribution in [0.2, 0.25) is 0 Å². The number of pyridine rings is 1. The van der Waals surface area contributed by atoms with E-state index in [0.717, 1.165) is 17.0 Å². The first-order valence-electron chi connectivity index (χ1n) is 9.36. The van der Waals surface area contributed by atoms with E-state index in [2.05, 4.69) is 43.2 Å². The van der Waals surface area contributed by atoms with Crippen molar-refractivity contribution >= 4 is 5.91 Å². The standard InChI is InChI=1S/C22H30N2O3/c1-15-13-16(2)24-21(26)19(15)14-23-20(25)7-6-12-27-18-10-8-17(9-11-18)22(3,4)5/h8-11,13H,6-7,12,14H2,1-5H3,(H,23,25)(H,24,26). The van der Waals surface area contributed by atoms with Gasteiger partial charge in [0.05, 0.1) is 6.61 Å². The SMILES string of the molecule is Cc1cc(C)c(CNC(=O)CCCOc2ccc(C(C)(C)C)cc2)c(=O)[nH]1. The summed E-state index contributed by atoms with van der Waals surface area (Å²) in [5, 5.41) is 2.81. The number of amides is 1. The van der Waals surface area contributed by atoms with Crippen molar-refractivity contribution in [1.82, 2.24) is 10.3 Å². The third-order valence-electron chi connectivity index (χ3n) is 4.49. The highest BCUT2D eigenvalue weighted by Gasteiger charge is 2.13. The number of carbonyl (C=O) groups is 1. The van der Waals surface area contributed by atoms with E-state index in [-0.39, 0.29) is 23.4 Å². The maximum absolute atomic E-state index is 12.0. The summed E-state index contributed by atoms with van der Waals surface area (Å²) in [6.07, 6.45) is 0.985. The van der Waals surface area contributed by atoms with Gasteiger partial charge in [-0.05, 0) is 55.0 Å². The van der Waals surface area contributed by atoms with Crippen LogP contribution in [0.25, 0.3) is 0 Å². The number of hydrogen-bond donors (Lipinski definition) is 2. The van der Waals surface area contributed by atoms with Crippen LogP contribution in [0.3, 0.4) is 0 Å². The third kappa shape index (κ3) is 6.27. The molecule has 2 aromatic rings. The summed E-state index contributed by atoms with van der Waals surface area (Å²) in [4.78, 5) is 26.7. The van der Waals surface area contributed by atoms with Crippen LogP contribution in [0.15, 0.2) is 35.1 Å². The fourth-order valence-corrected chi connectivity index (χ4v) is 2.85. The Morgan fingerprint density at radius 3 is 2.41 bits per heavy atom. The first-order chi connectivity index (χ1) is 12.7. The lowest BCUT2D eigenvalue weighted by atomic mass is 9.87. The molecule has 5 nitrogen and oxygen atoms in total. The second kappa shape index (κ2) is 8.89. The summed E-state index contributed by atoms with van der Waals surface area (Å²) >= 11 is 0. The zero-order valence-corrected chi connectivity index (χ0v) is 16.9. The number of aryl methyl sites for hydroxylation is 2. The monoisotopic (exact) mass is 370 g/mol. The topological polar surface area (TPSA) is 71.2 Å². The molecule has 1 aromatic carbocycles. The Balaban J connectivity index is 1.73. The molecule has 0 saturated heterocycles. The van der Waals surface area contributed by atoms with E-state index >= 15 is 0 Å². The number of H-pyrrole nitrogens is 1. The van der Waals surface area contributed by atoms with Crippen LogP contribution in [-0.4, -0.2) is 17.5 Å². The molecule has 1 aromatic heterocycles. The molecule has 1 amide bonds. The average Bonchev–Trinajstić information content (AvgIpc) is 2.57. The molecule has 146 valence electrons. The molecule has 0 atom stereocenters. The van der Waals surface area contributed by atoms with Gasteiger partial charge < -0.3 is 15.0 Å². The van der Waals surface area contributed by atoms with Crippen LogP contribution in [0.4, 0.5) is 0 Å². The minimum absolute atomic E-state index is 0.0824. The van der Waals surface area contributed by atoms with E-state index < -0.39 is 0 Å². The molecular formula is C22H30N2O3. The molecule has 0 fully saturated rings. The largest absolute Gasteiger partial charge is 0.494 e. The normalized spacial score (nSPS) is 11.3. The smallest absolute Gasteiger partial charge is 0.253 e. The summed E-state index contributed by atoms with van der Waals surface area (Å²) in [7, 11) is 0. The van der Waals surface area contributed by atoms with Crippen molar-refractivity contribution in [2.24, 2.45) is 0 Å². The highest BCUT2D eigenvalue weighted by Crippen LogP contribution is 2.24. The van der Waals surface area contributed by atoms with Crippen molar-refractivity contribution < 1.29 is 9.53 Å². The van der Waals surface area contributed by atoms with Crippen molar-refractivity contribution in [3.05, 3.63) is 63.1 Å². The number of benzene rings is 1. The molecule has 0 bridgehead atoms. The minimum Gasteiger partial charge on any atom is -0.494 e. The average molecular weight is 370 g/mol. The molecule has 0 aliphatic carbocycles. The van der Waals surface area contributed by atoms with Crippen molar-refractivity contribution in [2.75, 3.05) is 6.61 Å². The number of hydrogen-bond acceptors (Lipinski definition) is 3. The van der Waals surface area contributed by atoms with Crippen LogP contribution in [-0.2, 0) is 16.8 Å². The molecule has 2 N–H and O–H groups in total. The van der Waals surface area contributed by atoms with Crippen molar-refractivity contribution in [3.8, 4) is 5.75 Å².